The van der Waals surface area contributed by atoms with E-state index in [9.17, 15) is 0 Å². The first-order valence-corrected chi connectivity index (χ1v) is 17.6. The summed E-state index contributed by atoms with van der Waals surface area (Å²) in [7, 11) is 0. The molecule has 0 aliphatic heterocycles. The zero-order chi connectivity index (χ0) is 34.4. The summed E-state index contributed by atoms with van der Waals surface area (Å²) in [6, 6.07) is 66.2. The Hall–Kier alpha value is -6.97. The van der Waals surface area contributed by atoms with E-state index in [2.05, 4.69) is 170 Å². The summed E-state index contributed by atoms with van der Waals surface area (Å²) in [6.07, 6.45) is 0. The number of rotatable bonds is 5. The third-order valence-electron chi connectivity index (χ3n) is 10.0. The quantitative estimate of drug-likeness (QED) is 0.172. The van der Waals surface area contributed by atoms with Crippen molar-refractivity contribution in [2.45, 2.75) is 0 Å². The second kappa shape index (κ2) is 12.4. The fourth-order valence-corrected chi connectivity index (χ4v) is 7.45. The smallest absolute Gasteiger partial charge is 0.0972 e. The van der Waals surface area contributed by atoms with Gasteiger partial charge in [0.25, 0.3) is 0 Å². The molecular formula is C49H31N3. The van der Waals surface area contributed by atoms with E-state index in [4.69, 9.17) is 15.0 Å². The summed E-state index contributed by atoms with van der Waals surface area (Å²) in [6.45, 7) is 0. The lowest BCUT2D eigenvalue weighted by molar-refractivity contribution is 1.36. The average molecular weight is 662 g/mol. The van der Waals surface area contributed by atoms with Gasteiger partial charge >= 0.3 is 0 Å². The van der Waals surface area contributed by atoms with E-state index in [0.29, 0.717) is 0 Å². The molecule has 0 N–H and O–H groups in total. The predicted octanol–water partition coefficient (Wildman–Crippen LogP) is 12.8. The number of benzene rings is 7. The summed E-state index contributed by atoms with van der Waals surface area (Å²) in [5, 5.41) is 5.66. The molecule has 3 heteroatoms. The minimum Gasteiger partial charge on any atom is -0.247 e. The van der Waals surface area contributed by atoms with Gasteiger partial charge in [-0.2, -0.15) is 0 Å². The Bertz CT molecular complexity index is 2940. The van der Waals surface area contributed by atoms with E-state index in [1.807, 2.05) is 18.2 Å². The molecule has 0 fully saturated rings. The summed E-state index contributed by atoms with van der Waals surface area (Å²) < 4.78 is 0. The Morgan fingerprint density at radius 3 is 1.44 bits per heavy atom. The Morgan fingerprint density at radius 1 is 0.269 bits per heavy atom. The van der Waals surface area contributed by atoms with Crippen molar-refractivity contribution >= 4 is 43.5 Å². The Kier molecular flexibility index (Phi) is 7.14. The fourth-order valence-electron chi connectivity index (χ4n) is 7.45. The van der Waals surface area contributed by atoms with Crippen molar-refractivity contribution in [2.75, 3.05) is 0 Å². The van der Waals surface area contributed by atoms with Gasteiger partial charge in [0.15, 0.2) is 0 Å². The van der Waals surface area contributed by atoms with Crippen molar-refractivity contribution in [3.63, 3.8) is 0 Å². The summed E-state index contributed by atoms with van der Waals surface area (Å²) in [4.78, 5) is 15.9. The number of fused-ring (bicyclic) bond motifs is 6. The number of hydrogen-bond donors (Lipinski definition) is 0. The van der Waals surface area contributed by atoms with Crippen LogP contribution in [0.25, 0.3) is 99.5 Å². The number of nitrogens with zero attached hydrogens (tertiary/aromatic N) is 3. The van der Waals surface area contributed by atoms with Gasteiger partial charge in [-0.1, -0.05) is 158 Å². The van der Waals surface area contributed by atoms with Gasteiger partial charge < -0.3 is 0 Å². The van der Waals surface area contributed by atoms with Crippen LogP contribution in [0.1, 0.15) is 0 Å². The number of aromatic nitrogens is 3. The van der Waals surface area contributed by atoms with E-state index in [-0.39, 0.29) is 0 Å². The first kappa shape index (κ1) is 29.9. The lowest BCUT2D eigenvalue weighted by Crippen LogP contribution is -1.95. The van der Waals surface area contributed by atoms with E-state index in [1.165, 1.54) is 21.9 Å². The topological polar surface area (TPSA) is 38.7 Å². The molecule has 0 saturated heterocycles. The number of hydrogen-bond acceptors (Lipinski definition) is 3. The van der Waals surface area contributed by atoms with Crippen molar-refractivity contribution in [1.82, 2.24) is 15.0 Å². The molecule has 3 heterocycles. The van der Waals surface area contributed by atoms with Crippen LogP contribution in [0.3, 0.4) is 0 Å². The second-order valence-corrected chi connectivity index (χ2v) is 13.2. The highest BCUT2D eigenvalue weighted by Gasteiger charge is 2.18. The lowest BCUT2D eigenvalue weighted by Gasteiger charge is -2.17. The minimum absolute atomic E-state index is 0.899. The molecule has 10 rings (SSSR count). The molecule has 0 aliphatic carbocycles. The molecule has 10 aromatic rings. The van der Waals surface area contributed by atoms with Crippen LogP contribution in [-0.4, -0.2) is 15.0 Å². The summed E-state index contributed by atoms with van der Waals surface area (Å²) >= 11 is 0. The monoisotopic (exact) mass is 661 g/mol. The van der Waals surface area contributed by atoms with Gasteiger partial charge in [-0.05, 0) is 57.8 Å². The molecular weight excluding hydrogens is 631 g/mol. The first-order chi connectivity index (χ1) is 25.8. The molecule has 3 aromatic heterocycles. The maximum Gasteiger partial charge on any atom is 0.0972 e. The highest BCUT2D eigenvalue weighted by atomic mass is 14.8. The van der Waals surface area contributed by atoms with Crippen molar-refractivity contribution in [3.8, 4) is 56.0 Å². The Morgan fingerprint density at radius 2 is 0.769 bits per heavy atom. The van der Waals surface area contributed by atoms with Crippen LogP contribution in [-0.2, 0) is 0 Å². The first-order valence-electron chi connectivity index (χ1n) is 17.6. The molecule has 7 aromatic carbocycles. The fraction of sp³-hybridized carbons (Fsp3) is 0. The van der Waals surface area contributed by atoms with E-state index in [1.54, 1.807) is 0 Å². The van der Waals surface area contributed by atoms with Gasteiger partial charge in [-0.15, -0.1) is 0 Å². The minimum atomic E-state index is 0.899. The molecule has 0 amide bonds. The van der Waals surface area contributed by atoms with Crippen LogP contribution in [0.2, 0.25) is 0 Å². The van der Waals surface area contributed by atoms with Crippen LogP contribution < -0.4 is 0 Å². The Balaban J connectivity index is 1.19. The number of pyridine rings is 3. The molecule has 0 saturated carbocycles. The maximum absolute atomic E-state index is 5.44. The second-order valence-electron chi connectivity index (χ2n) is 13.2. The van der Waals surface area contributed by atoms with E-state index >= 15 is 0 Å². The van der Waals surface area contributed by atoms with Gasteiger partial charge in [0.05, 0.1) is 33.6 Å². The van der Waals surface area contributed by atoms with Crippen LogP contribution >= 0.6 is 0 Å². The molecule has 0 bridgehead atoms. The third-order valence-corrected chi connectivity index (χ3v) is 10.0. The van der Waals surface area contributed by atoms with Crippen LogP contribution in [0.15, 0.2) is 188 Å². The molecule has 0 unspecified atom stereocenters. The molecule has 0 aliphatic rings. The standard InChI is InChI=1S/C49H31N3/c1-4-13-32(14-5-1)41-31-45(34-17-8-3-9-18-34)52-49-42(30-38-19-10-11-22-40(38)46(41)49)37-20-12-21-39(29-37)44-28-26-36-24-23-35-25-27-43(33-15-6-2-7-16-33)50-47(35)48(36)51-44/h1-31H. The SMILES string of the molecule is c1ccc(-c2cc(-c3ccccc3)c3c(n2)c(-c2cccc(-c4ccc5ccc6ccc(-c7ccccc7)nc6c5n4)c2)cc2ccccc23)cc1. The normalized spacial score (nSPS) is 11.5. The molecule has 0 spiro atoms. The van der Waals surface area contributed by atoms with Crippen molar-refractivity contribution < 1.29 is 0 Å². The van der Waals surface area contributed by atoms with Crippen LogP contribution in [0.4, 0.5) is 0 Å². The highest BCUT2D eigenvalue weighted by molar-refractivity contribution is 6.18. The molecule has 242 valence electrons. The zero-order valence-electron chi connectivity index (χ0n) is 28.2. The van der Waals surface area contributed by atoms with Gasteiger partial charge in [0.2, 0.25) is 0 Å². The maximum atomic E-state index is 5.44. The third kappa shape index (κ3) is 5.19. The van der Waals surface area contributed by atoms with Crippen molar-refractivity contribution in [3.05, 3.63) is 188 Å². The van der Waals surface area contributed by atoms with E-state index < -0.39 is 0 Å². The molecule has 0 radical (unpaired) electrons. The van der Waals surface area contributed by atoms with Crippen molar-refractivity contribution in [1.29, 1.82) is 0 Å². The van der Waals surface area contributed by atoms with Gasteiger partial charge in [-0.25, -0.2) is 15.0 Å². The zero-order valence-corrected chi connectivity index (χ0v) is 28.2. The molecule has 3 nitrogen and oxygen atoms in total. The van der Waals surface area contributed by atoms with Crippen LogP contribution in [0, 0.1) is 0 Å². The van der Waals surface area contributed by atoms with Gasteiger partial charge in [0, 0.05) is 38.4 Å². The van der Waals surface area contributed by atoms with Gasteiger partial charge in [0.1, 0.15) is 0 Å². The predicted molar refractivity (Wildman–Crippen MR) is 217 cm³/mol. The van der Waals surface area contributed by atoms with Crippen LogP contribution in [0.5, 0.6) is 0 Å². The summed E-state index contributed by atoms with van der Waals surface area (Å²) in [5.41, 5.74) is 13.3. The largest absolute Gasteiger partial charge is 0.247 e. The van der Waals surface area contributed by atoms with Crippen molar-refractivity contribution in [2.24, 2.45) is 0 Å². The summed E-state index contributed by atoms with van der Waals surface area (Å²) in [5.74, 6) is 0. The lowest BCUT2D eigenvalue weighted by atomic mass is 9.90. The molecule has 0 atom stereocenters. The Labute approximate surface area is 301 Å². The average Bonchev–Trinajstić information content (AvgIpc) is 3.23. The molecule has 52 heavy (non-hydrogen) atoms. The van der Waals surface area contributed by atoms with E-state index in [0.717, 1.165) is 77.6 Å². The highest BCUT2D eigenvalue weighted by Crippen LogP contribution is 2.42. The van der Waals surface area contributed by atoms with Gasteiger partial charge in [-0.3, -0.25) is 0 Å².